The molecule has 5 heteroatoms. The summed E-state index contributed by atoms with van der Waals surface area (Å²) in [6.07, 6.45) is 6.04. The van der Waals surface area contributed by atoms with Crippen molar-refractivity contribution in [2.24, 2.45) is 0 Å². The van der Waals surface area contributed by atoms with Gasteiger partial charge in [-0.1, -0.05) is 11.6 Å². The van der Waals surface area contributed by atoms with Crippen LogP contribution in [-0.4, -0.2) is 30.7 Å². The summed E-state index contributed by atoms with van der Waals surface area (Å²) in [5.74, 6) is 0. The summed E-state index contributed by atoms with van der Waals surface area (Å²) in [5.41, 5.74) is 2.78. The number of likely N-dealkylation sites (N-methyl/N-ethyl adjacent to an activating group) is 1. The third kappa shape index (κ3) is 3.47. The van der Waals surface area contributed by atoms with Crippen LogP contribution >= 0.6 is 11.6 Å². The molecule has 1 aliphatic rings. The first-order valence-electron chi connectivity index (χ1n) is 8.34. The van der Waals surface area contributed by atoms with E-state index in [9.17, 15) is 0 Å². The molecule has 4 nitrogen and oxygen atoms in total. The lowest BCUT2D eigenvalue weighted by Crippen LogP contribution is -2.48. The summed E-state index contributed by atoms with van der Waals surface area (Å²) in [6.45, 7) is 5.11. The van der Waals surface area contributed by atoms with Crippen LogP contribution in [0.5, 0.6) is 0 Å². The molecule has 0 amide bonds. The summed E-state index contributed by atoms with van der Waals surface area (Å²) in [7, 11) is 0. The molecule has 1 atom stereocenters. The second-order valence-corrected chi connectivity index (χ2v) is 6.42. The van der Waals surface area contributed by atoms with Crippen LogP contribution in [0.1, 0.15) is 25.3 Å². The van der Waals surface area contributed by atoms with Gasteiger partial charge in [-0.2, -0.15) is 5.26 Å². The fraction of sp³-hybridized carbons (Fsp3) is 0.368. The first-order valence-corrected chi connectivity index (χ1v) is 8.72. The highest BCUT2D eigenvalue weighted by Gasteiger charge is 2.25. The highest BCUT2D eigenvalue weighted by Crippen LogP contribution is 2.28. The summed E-state index contributed by atoms with van der Waals surface area (Å²) in [6, 6.07) is 12.4. The Morgan fingerprint density at radius 2 is 2.29 bits per heavy atom. The molecule has 1 saturated heterocycles. The van der Waals surface area contributed by atoms with E-state index in [4.69, 9.17) is 16.9 Å². The monoisotopic (exact) mass is 340 g/mol. The van der Waals surface area contributed by atoms with E-state index in [2.05, 4.69) is 33.8 Å². The van der Waals surface area contributed by atoms with E-state index < -0.39 is 0 Å². The molecule has 0 unspecified atom stereocenters. The molecule has 124 valence electrons. The largest absolute Gasteiger partial charge is 0.368 e. The minimum absolute atomic E-state index is 0.424. The molecule has 24 heavy (non-hydrogen) atoms. The Bertz CT molecular complexity index is 726. The maximum atomic E-state index is 9.05. The number of aromatic nitrogens is 1. The van der Waals surface area contributed by atoms with Gasteiger partial charge in [0.15, 0.2) is 0 Å². The zero-order chi connectivity index (χ0) is 16.9. The Kier molecular flexibility index (Phi) is 5.22. The van der Waals surface area contributed by atoms with Crippen LogP contribution in [0.3, 0.4) is 0 Å². The first-order chi connectivity index (χ1) is 11.7. The third-order valence-electron chi connectivity index (χ3n) is 4.59. The van der Waals surface area contributed by atoms with Gasteiger partial charge >= 0.3 is 0 Å². The van der Waals surface area contributed by atoms with Crippen molar-refractivity contribution in [2.45, 2.75) is 25.8 Å². The Balaban J connectivity index is 1.80. The summed E-state index contributed by atoms with van der Waals surface area (Å²) < 4.78 is 0. The molecule has 0 bridgehead atoms. The van der Waals surface area contributed by atoms with Crippen molar-refractivity contribution in [1.82, 2.24) is 4.98 Å². The molecule has 0 spiro atoms. The van der Waals surface area contributed by atoms with Gasteiger partial charge in [-0.3, -0.25) is 4.98 Å². The Morgan fingerprint density at radius 1 is 1.42 bits per heavy atom. The average molecular weight is 341 g/mol. The first kappa shape index (κ1) is 16.6. The molecular formula is C19H21ClN4. The van der Waals surface area contributed by atoms with Crippen LogP contribution in [0.4, 0.5) is 11.4 Å². The van der Waals surface area contributed by atoms with Gasteiger partial charge in [-0.25, -0.2) is 0 Å². The van der Waals surface area contributed by atoms with Crippen LogP contribution in [0.15, 0.2) is 42.7 Å². The SMILES string of the molecule is CCN(c1ccc(C#N)c(Cl)c1)[C@@H]1CCCN(c2cccnc2)C1. The second-order valence-electron chi connectivity index (χ2n) is 6.02. The zero-order valence-electron chi connectivity index (χ0n) is 13.8. The van der Waals surface area contributed by atoms with E-state index >= 15 is 0 Å². The van der Waals surface area contributed by atoms with Crippen LogP contribution in [0.25, 0.3) is 0 Å². The Morgan fingerprint density at radius 3 is 2.96 bits per heavy atom. The molecule has 0 N–H and O–H groups in total. The highest BCUT2D eigenvalue weighted by atomic mass is 35.5. The Hall–Kier alpha value is -2.25. The lowest BCUT2D eigenvalue weighted by molar-refractivity contribution is 0.475. The number of hydrogen-bond acceptors (Lipinski definition) is 4. The molecule has 0 aliphatic carbocycles. The lowest BCUT2D eigenvalue weighted by atomic mass is 10.0. The van der Waals surface area contributed by atoms with Crippen molar-refractivity contribution in [3.05, 3.63) is 53.3 Å². The quantitative estimate of drug-likeness (QED) is 0.840. The molecule has 1 aromatic carbocycles. The topological polar surface area (TPSA) is 43.2 Å². The van der Waals surface area contributed by atoms with Crippen LogP contribution in [0.2, 0.25) is 5.02 Å². The van der Waals surface area contributed by atoms with E-state index in [1.54, 1.807) is 0 Å². The molecule has 0 saturated carbocycles. The molecule has 3 rings (SSSR count). The lowest BCUT2D eigenvalue weighted by Gasteiger charge is -2.41. The van der Waals surface area contributed by atoms with Gasteiger partial charge in [0.2, 0.25) is 0 Å². The molecule has 2 aromatic rings. The minimum Gasteiger partial charge on any atom is -0.368 e. The van der Waals surface area contributed by atoms with Gasteiger partial charge in [0.05, 0.1) is 22.5 Å². The number of nitriles is 1. The number of hydrogen-bond donors (Lipinski definition) is 0. The predicted molar refractivity (Wildman–Crippen MR) is 98.7 cm³/mol. The van der Waals surface area contributed by atoms with Gasteiger partial charge < -0.3 is 9.80 Å². The Labute approximate surface area is 148 Å². The number of benzene rings is 1. The van der Waals surface area contributed by atoms with Crippen molar-refractivity contribution < 1.29 is 0 Å². The number of anilines is 2. The van der Waals surface area contributed by atoms with Crippen molar-refractivity contribution in [3.8, 4) is 6.07 Å². The summed E-state index contributed by atoms with van der Waals surface area (Å²) in [5, 5.41) is 9.58. The maximum Gasteiger partial charge on any atom is 0.101 e. The number of rotatable bonds is 4. The van der Waals surface area contributed by atoms with E-state index in [1.807, 2.05) is 36.7 Å². The predicted octanol–water partition coefficient (Wildman–Crippen LogP) is 4.10. The number of nitrogens with zero attached hydrogens (tertiary/aromatic N) is 4. The van der Waals surface area contributed by atoms with E-state index in [-0.39, 0.29) is 0 Å². The third-order valence-corrected chi connectivity index (χ3v) is 4.91. The molecule has 1 fully saturated rings. The fourth-order valence-corrected chi connectivity index (χ4v) is 3.63. The summed E-state index contributed by atoms with van der Waals surface area (Å²) in [4.78, 5) is 9.02. The van der Waals surface area contributed by atoms with Gasteiger partial charge in [0, 0.05) is 37.6 Å². The second kappa shape index (κ2) is 7.55. The number of halogens is 1. The van der Waals surface area contributed by atoms with Crippen molar-refractivity contribution in [1.29, 1.82) is 5.26 Å². The van der Waals surface area contributed by atoms with E-state index in [0.29, 0.717) is 16.6 Å². The van der Waals surface area contributed by atoms with Crippen LogP contribution < -0.4 is 9.80 Å². The number of piperidine rings is 1. The van der Waals surface area contributed by atoms with Crippen LogP contribution in [-0.2, 0) is 0 Å². The fourth-order valence-electron chi connectivity index (χ4n) is 3.41. The molecule has 0 radical (unpaired) electrons. The molecular weight excluding hydrogens is 320 g/mol. The van der Waals surface area contributed by atoms with Crippen molar-refractivity contribution in [2.75, 3.05) is 29.4 Å². The van der Waals surface area contributed by atoms with E-state index in [0.717, 1.165) is 38.2 Å². The van der Waals surface area contributed by atoms with Crippen LogP contribution in [0, 0.1) is 11.3 Å². The molecule has 2 heterocycles. The van der Waals surface area contributed by atoms with Gasteiger partial charge in [-0.15, -0.1) is 0 Å². The van der Waals surface area contributed by atoms with E-state index in [1.165, 1.54) is 5.69 Å². The maximum absolute atomic E-state index is 9.05. The zero-order valence-corrected chi connectivity index (χ0v) is 14.6. The standard InChI is InChI=1S/C19H21ClN4/c1-2-24(16-8-7-15(12-21)19(20)11-16)18-6-4-10-23(14-18)17-5-3-9-22-13-17/h3,5,7-9,11,13,18H,2,4,6,10,14H2,1H3/t18-/m1/s1. The average Bonchev–Trinajstić information content (AvgIpc) is 2.63. The van der Waals surface area contributed by atoms with Crippen molar-refractivity contribution in [3.63, 3.8) is 0 Å². The molecule has 1 aliphatic heterocycles. The minimum atomic E-state index is 0.424. The number of pyridine rings is 1. The summed E-state index contributed by atoms with van der Waals surface area (Å²) >= 11 is 6.23. The van der Waals surface area contributed by atoms with Gasteiger partial charge in [0.1, 0.15) is 6.07 Å². The van der Waals surface area contributed by atoms with Gasteiger partial charge in [-0.05, 0) is 50.1 Å². The van der Waals surface area contributed by atoms with Crippen molar-refractivity contribution >= 4 is 23.0 Å². The normalized spacial score (nSPS) is 17.4. The smallest absolute Gasteiger partial charge is 0.101 e. The molecule has 1 aromatic heterocycles. The highest BCUT2D eigenvalue weighted by molar-refractivity contribution is 6.32. The van der Waals surface area contributed by atoms with Gasteiger partial charge in [0.25, 0.3) is 0 Å².